The maximum atomic E-state index is 13.2. The van der Waals surface area contributed by atoms with E-state index in [2.05, 4.69) is 15.0 Å². The number of pyridine rings is 1. The lowest BCUT2D eigenvalue weighted by Gasteiger charge is -2.36. The number of piperazine rings is 1. The van der Waals surface area contributed by atoms with Crippen LogP contribution in [0.1, 0.15) is 23.0 Å². The number of halogens is 1. The number of nitrogens with zero attached hydrogens (tertiary/aromatic N) is 5. The van der Waals surface area contributed by atoms with Gasteiger partial charge in [-0.15, -0.1) is 0 Å². The third-order valence-electron chi connectivity index (χ3n) is 5.10. The molecule has 2 aromatic heterocycles. The molecule has 144 valence electrons. The monoisotopic (exact) mass is 379 g/mol. The van der Waals surface area contributed by atoms with Crippen LogP contribution in [0.15, 0.2) is 55.0 Å². The molecule has 0 radical (unpaired) electrons. The zero-order valence-corrected chi connectivity index (χ0v) is 15.8. The van der Waals surface area contributed by atoms with Gasteiger partial charge in [-0.05, 0) is 42.8 Å². The number of carbonyl (C=O) groups excluding carboxylic acids is 1. The lowest BCUT2D eigenvalue weighted by molar-refractivity contribution is 0.0745. The fraction of sp³-hybridized carbons (Fsp3) is 0.286. The molecule has 1 amide bonds. The van der Waals surface area contributed by atoms with E-state index in [1.54, 1.807) is 35.4 Å². The largest absolute Gasteiger partial charge is 0.368 e. The molecule has 0 atom stereocenters. The quantitative estimate of drug-likeness (QED) is 0.699. The van der Waals surface area contributed by atoms with E-state index in [0.717, 1.165) is 30.2 Å². The second kappa shape index (κ2) is 7.80. The minimum atomic E-state index is -0.294. The van der Waals surface area contributed by atoms with Gasteiger partial charge in [0.15, 0.2) is 0 Å². The third kappa shape index (κ3) is 3.47. The Morgan fingerprint density at radius 1 is 1.00 bits per heavy atom. The number of carbonyl (C=O) groups is 1. The molecule has 6 nitrogen and oxygen atoms in total. The maximum Gasteiger partial charge on any atom is 0.257 e. The minimum absolute atomic E-state index is 0.000380. The Morgan fingerprint density at radius 3 is 2.32 bits per heavy atom. The van der Waals surface area contributed by atoms with E-state index >= 15 is 0 Å². The molecule has 1 aliphatic heterocycles. The van der Waals surface area contributed by atoms with Crippen molar-refractivity contribution in [3.8, 4) is 5.69 Å². The summed E-state index contributed by atoms with van der Waals surface area (Å²) in [5.41, 5.74) is 3.33. The van der Waals surface area contributed by atoms with Gasteiger partial charge in [-0.1, -0.05) is 6.92 Å². The van der Waals surface area contributed by atoms with E-state index in [-0.39, 0.29) is 11.7 Å². The molecule has 7 heteroatoms. The lowest BCUT2D eigenvalue weighted by Crippen LogP contribution is -2.48. The van der Waals surface area contributed by atoms with Gasteiger partial charge in [0.1, 0.15) is 5.82 Å². The molecule has 0 bridgehead atoms. The molecule has 4 rings (SSSR count). The molecular formula is C21H22FN5O. The second-order valence-electron chi connectivity index (χ2n) is 6.73. The van der Waals surface area contributed by atoms with Crippen LogP contribution in [0.5, 0.6) is 0 Å². The zero-order chi connectivity index (χ0) is 19.5. The van der Waals surface area contributed by atoms with Gasteiger partial charge in [-0.25, -0.2) is 9.07 Å². The van der Waals surface area contributed by atoms with E-state index in [0.29, 0.717) is 25.1 Å². The smallest absolute Gasteiger partial charge is 0.257 e. The van der Waals surface area contributed by atoms with Crippen LogP contribution in [0.25, 0.3) is 5.69 Å². The Kier molecular flexibility index (Phi) is 5.06. The molecule has 1 saturated heterocycles. The summed E-state index contributed by atoms with van der Waals surface area (Å²) in [6.07, 6.45) is 5.85. The van der Waals surface area contributed by atoms with Crippen LogP contribution in [-0.2, 0) is 6.42 Å². The molecule has 1 aromatic carbocycles. The van der Waals surface area contributed by atoms with Crippen LogP contribution in [0.2, 0.25) is 0 Å². The number of amides is 1. The Bertz CT molecular complexity index is 947. The number of benzene rings is 1. The summed E-state index contributed by atoms with van der Waals surface area (Å²) in [7, 11) is 0. The van der Waals surface area contributed by atoms with Crippen LogP contribution in [0.4, 0.5) is 10.1 Å². The average molecular weight is 379 g/mol. The van der Waals surface area contributed by atoms with E-state index < -0.39 is 0 Å². The van der Waals surface area contributed by atoms with Crippen molar-refractivity contribution in [2.24, 2.45) is 0 Å². The first-order chi connectivity index (χ1) is 13.7. The Labute approximate surface area is 163 Å². The van der Waals surface area contributed by atoms with Gasteiger partial charge >= 0.3 is 0 Å². The van der Waals surface area contributed by atoms with Crippen molar-refractivity contribution in [3.05, 3.63) is 72.1 Å². The predicted octanol–water partition coefficient (Wildman–Crippen LogP) is 2.93. The number of rotatable bonds is 4. The van der Waals surface area contributed by atoms with E-state index in [9.17, 15) is 9.18 Å². The zero-order valence-electron chi connectivity index (χ0n) is 15.8. The van der Waals surface area contributed by atoms with Gasteiger partial charge < -0.3 is 9.80 Å². The average Bonchev–Trinajstić information content (AvgIpc) is 3.18. The van der Waals surface area contributed by atoms with Crippen molar-refractivity contribution >= 4 is 11.6 Å². The normalized spacial score (nSPS) is 14.4. The lowest BCUT2D eigenvalue weighted by atomic mass is 10.1. The third-order valence-corrected chi connectivity index (χ3v) is 5.10. The summed E-state index contributed by atoms with van der Waals surface area (Å²) in [5, 5.41) is 4.39. The SMILES string of the molecule is CCc1c(C(=O)N2CCN(c3ccncc3)CC2)cnn1-c1ccc(F)cc1. The Balaban J connectivity index is 1.50. The van der Waals surface area contributed by atoms with Crippen molar-refractivity contribution in [1.82, 2.24) is 19.7 Å². The van der Waals surface area contributed by atoms with Gasteiger partial charge in [0, 0.05) is 44.3 Å². The summed E-state index contributed by atoms with van der Waals surface area (Å²) >= 11 is 0. The van der Waals surface area contributed by atoms with E-state index in [4.69, 9.17) is 0 Å². The fourth-order valence-electron chi connectivity index (χ4n) is 3.59. The molecular weight excluding hydrogens is 357 g/mol. The molecule has 1 aliphatic rings. The molecule has 0 aliphatic carbocycles. The molecule has 28 heavy (non-hydrogen) atoms. The fourth-order valence-corrected chi connectivity index (χ4v) is 3.59. The number of anilines is 1. The number of hydrogen-bond acceptors (Lipinski definition) is 4. The first-order valence-electron chi connectivity index (χ1n) is 9.44. The van der Waals surface area contributed by atoms with Gasteiger partial charge in [0.05, 0.1) is 23.1 Å². The molecule has 3 aromatic rings. The topological polar surface area (TPSA) is 54.3 Å². The van der Waals surface area contributed by atoms with Crippen molar-refractivity contribution in [1.29, 1.82) is 0 Å². The van der Waals surface area contributed by atoms with Crippen molar-refractivity contribution < 1.29 is 9.18 Å². The highest BCUT2D eigenvalue weighted by Crippen LogP contribution is 2.20. The molecule has 0 N–H and O–H groups in total. The Hall–Kier alpha value is -3.22. The van der Waals surface area contributed by atoms with Crippen LogP contribution in [-0.4, -0.2) is 51.8 Å². The van der Waals surface area contributed by atoms with Crippen molar-refractivity contribution in [2.75, 3.05) is 31.1 Å². The van der Waals surface area contributed by atoms with Gasteiger partial charge in [-0.3, -0.25) is 9.78 Å². The maximum absolute atomic E-state index is 13.2. The molecule has 0 saturated carbocycles. The molecule has 0 spiro atoms. The van der Waals surface area contributed by atoms with Crippen LogP contribution in [0, 0.1) is 5.82 Å². The number of hydrogen-bond donors (Lipinski definition) is 0. The Morgan fingerprint density at radius 2 is 1.68 bits per heavy atom. The molecule has 1 fully saturated rings. The van der Waals surface area contributed by atoms with Crippen LogP contribution >= 0.6 is 0 Å². The summed E-state index contributed by atoms with van der Waals surface area (Å²) in [6, 6.07) is 10.1. The molecule has 0 unspecified atom stereocenters. The first kappa shape index (κ1) is 18.2. The highest BCUT2D eigenvalue weighted by Gasteiger charge is 2.26. The van der Waals surface area contributed by atoms with Crippen molar-refractivity contribution in [3.63, 3.8) is 0 Å². The summed E-state index contributed by atoms with van der Waals surface area (Å²) in [5.74, 6) is -0.295. The first-order valence-corrected chi connectivity index (χ1v) is 9.44. The summed E-state index contributed by atoms with van der Waals surface area (Å²) in [4.78, 5) is 21.3. The van der Waals surface area contributed by atoms with Crippen molar-refractivity contribution in [2.45, 2.75) is 13.3 Å². The van der Waals surface area contributed by atoms with Gasteiger partial charge in [0.2, 0.25) is 0 Å². The van der Waals surface area contributed by atoms with Crippen LogP contribution in [0.3, 0.4) is 0 Å². The standard InChI is InChI=1S/C21H22FN5O/c1-2-20-19(15-24-27(20)18-5-3-16(22)4-6-18)21(28)26-13-11-25(12-14-26)17-7-9-23-10-8-17/h3-10,15H,2,11-14H2,1H3. The van der Waals surface area contributed by atoms with E-state index in [1.807, 2.05) is 24.0 Å². The summed E-state index contributed by atoms with van der Waals surface area (Å²) in [6.45, 7) is 4.87. The van der Waals surface area contributed by atoms with Crippen LogP contribution < -0.4 is 4.90 Å². The molecule has 3 heterocycles. The van der Waals surface area contributed by atoms with Gasteiger partial charge in [-0.2, -0.15) is 5.10 Å². The highest BCUT2D eigenvalue weighted by molar-refractivity contribution is 5.95. The van der Waals surface area contributed by atoms with Gasteiger partial charge in [0.25, 0.3) is 5.91 Å². The minimum Gasteiger partial charge on any atom is -0.368 e. The summed E-state index contributed by atoms with van der Waals surface area (Å²) < 4.78 is 14.9. The second-order valence-corrected chi connectivity index (χ2v) is 6.73. The highest BCUT2D eigenvalue weighted by atomic mass is 19.1. The van der Waals surface area contributed by atoms with E-state index in [1.165, 1.54) is 12.1 Å². The number of aromatic nitrogens is 3. The predicted molar refractivity (Wildman–Crippen MR) is 105 cm³/mol.